The van der Waals surface area contributed by atoms with Crippen LogP contribution < -0.4 is 5.56 Å². The number of rotatable bonds is 4. The number of nitrogens with one attached hydrogen (secondary N) is 1. The standard InChI is InChI=1S/C22H23F3N2O5S2/c1-6-12-16(33(5)30)10-14(21(2,3)4)18(28)17(12)19-26-15-8-7-11(9-13(15)20(29)27-19)34(31,32)22(23,24)25/h7-10,28H,6H2,1-5H3,(H,26,27,29). The highest BCUT2D eigenvalue weighted by molar-refractivity contribution is 7.92. The Kier molecular flexibility index (Phi) is 6.46. The number of hydrogen-bond donors (Lipinski definition) is 2. The fourth-order valence-corrected chi connectivity index (χ4v) is 5.32. The molecule has 34 heavy (non-hydrogen) atoms. The normalized spacial score (nSPS) is 13.9. The molecule has 0 aliphatic rings. The molecule has 12 heteroatoms. The first-order valence-corrected chi connectivity index (χ1v) is 13.1. The minimum Gasteiger partial charge on any atom is -0.507 e. The Hall–Kier alpha value is -2.73. The monoisotopic (exact) mass is 516 g/mol. The van der Waals surface area contributed by atoms with Crippen molar-refractivity contribution in [2.45, 2.75) is 54.8 Å². The van der Waals surface area contributed by atoms with Crippen molar-refractivity contribution < 1.29 is 30.9 Å². The molecule has 0 fully saturated rings. The number of alkyl halides is 3. The van der Waals surface area contributed by atoms with Crippen molar-refractivity contribution in [1.29, 1.82) is 0 Å². The minimum atomic E-state index is -5.66. The number of benzene rings is 2. The Morgan fingerprint density at radius 1 is 1.15 bits per heavy atom. The summed E-state index contributed by atoms with van der Waals surface area (Å²) in [5.74, 6) is -0.242. The van der Waals surface area contributed by atoms with Crippen molar-refractivity contribution in [3.8, 4) is 17.1 Å². The summed E-state index contributed by atoms with van der Waals surface area (Å²) in [4.78, 5) is 18.9. The third kappa shape index (κ3) is 4.36. The van der Waals surface area contributed by atoms with Crippen molar-refractivity contribution in [3.63, 3.8) is 0 Å². The predicted molar refractivity (Wildman–Crippen MR) is 123 cm³/mol. The van der Waals surface area contributed by atoms with Crippen molar-refractivity contribution in [2.75, 3.05) is 6.26 Å². The van der Waals surface area contributed by atoms with Crippen molar-refractivity contribution in [3.05, 3.63) is 45.7 Å². The van der Waals surface area contributed by atoms with E-state index in [0.29, 0.717) is 28.5 Å². The lowest BCUT2D eigenvalue weighted by atomic mass is 9.83. The second-order valence-corrected chi connectivity index (χ2v) is 12.0. The number of phenols is 1. The van der Waals surface area contributed by atoms with E-state index >= 15 is 0 Å². The zero-order valence-electron chi connectivity index (χ0n) is 19.0. The van der Waals surface area contributed by atoms with Crippen LogP contribution in [0.25, 0.3) is 22.3 Å². The molecule has 0 aliphatic carbocycles. The number of nitrogens with zero attached hydrogens (tertiary/aromatic N) is 1. The Morgan fingerprint density at radius 2 is 1.76 bits per heavy atom. The Bertz CT molecular complexity index is 1490. The molecule has 1 atom stereocenters. The van der Waals surface area contributed by atoms with Gasteiger partial charge in [-0.05, 0) is 41.7 Å². The molecule has 2 N–H and O–H groups in total. The second-order valence-electron chi connectivity index (χ2n) is 8.72. The van der Waals surface area contributed by atoms with E-state index in [0.717, 1.165) is 12.1 Å². The molecule has 0 amide bonds. The summed E-state index contributed by atoms with van der Waals surface area (Å²) in [6.07, 6.45) is 1.83. The van der Waals surface area contributed by atoms with Crippen LogP contribution in [0, 0.1) is 0 Å². The molecule has 1 unspecified atom stereocenters. The SMILES string of the molecule is CCc1c(S(C)=O)cc(C(C)(C)C)c(O)c1-c1nc2ccc(S(=O)(=O)C(F)(F)F)cc2c(=O)[nH]1. The highest BCUT2D eigenvalue weighted by Crippen LogP contribution is 2.42. The van der Waals surface area contributed by atoms with Crippen LogP contribution in [0.15, 0.2) is 38.9 Å². The van der Waals surface area contributed by atoms with Crippen LogP contribution in [0.5, 0.6) is 5.75 Å². The van der Waals surface area contributed by atoms with E-state index in [1.54, 1.807) is 13.0 Å². The van der Waals surface area contributed by atoms with Gasteiger partial charge >= 0.3 is 5.51 Å². The van der Waals surface area contributed by atoms with Crippen LogP contribution in [-0.2, 0) is 32.5 Å². The van der Waals surface area contributed by atoms with E-state index in [4.69, 9.17) is 0 Å². The lowest BCUT2D eigenvalue weighted by Crippen LogP contribution is -2.23. The highest BCUT2D eigenvalue weighted by Gasteiger charge is 2.47. The number of phenolic OH excluding ortho intramolecular Hbond substituents is 1. The van der Waals surface area contributed by atoms with E-state index in [-0.39, 0.29) is 28.0 Å². The van der Waals surface area contributed by atoms with Crippen molar-refractivity contribution >= 4 is 31.5 Å². The van der Waals surface area contributed by atoms with Crippen LogP contribution in [-0.4, -0.2) is 39.5 Å². The van der Waals surface area contributed by atoms with Crippen LogP contribution in [0.3, 0.4) is 0 Å². The molecular formula is C22H23F3N2O5S2. The summed E-state index contributed by atoms with van der Waals surface area (Å²) in [6.45, 7) is 7.32. The van der Waals surface area contributed by atoms with E-state index in [9.17, 15) is 35.7 Å². The van der Waals surface area contributed by atoms with E-state index < -0.39 is 42.0 Å². The van der Waals surface area contributed by atoms with Crippen LogP contribution >= 0.6 is 0 Å². The number of sulfone groups is 1. The summed E-state index contributed by atoms with van der Waals surface area (Å²) in [7, 11) is -7.09. The lowest BCUT2D eigenvalue weighted by molar-refractivity contribution is -0.0435. The van der Waals surface area contributed by atoms with Crippen LogP contribution in [0.4, 0.5) is 13.2 Å². The van der Waals surface area contributed by atoms with Crippen LogP contribution in [0.2, 0.25) is 0 Å². The summed E-state index contributed by atoms with van der Waals surface area (Å²) in [5.41, 5.74) is -5.92. The largest absolute Gasteiger partial charge is 0.507 e. The number of fused-ring (bicyclic) bond motifs is 1. The Labute approximate surface area is 196 Å². The number of aromatic nitrogens is 2. The zero-order chi connectivity index (χ0) is 25.8. The Morgan fingerprint density at radius 3 is 2.26 bits per heavy atom. The molecule has 3 rings (SSSR count). The third-order valence-corrected chi connectivity index (χ3v) is 7.83. The maximum atomic E-state index is 12.9. The second kappa shape index (κ2) is 8.49. The molecule has 0 saturated heterocycles. The fourth-order valence-electron chi connectivity index (χ4n) is 3.66. The van der Waals surface area contributed by atoms with E-state index in [2.05, 4.69) is 9.97 Å². The molecule has 0 bridgehead atoms. The van der Waals surface area contributed by atoms with Gasteiger partial charge in [-0.1, -0.05) is 27.7 Å². The number of hydrogen-bond acceptors (Lipinski definition) is 6. The summed E-state index contributed by atoms with van der Waals surface area (Å²) < 4.78 is 74.7. The van der Waals surface area contributed by atoms with E-state index in [1.165, 1.54) is 6.26 Å². The number of halogens is 3. The van der Waals surface area contributed by atoms with Gasteiger partial charge in [0.1, 0.15) is 11.6 Å². The molecule has 1 aromatic heterocycles. The molecule has 0 radical (unpaired) electrons. The van der Waals surface area contributed by atoms with E-state index in [1.807, 2.05) is 20.8 Å². The molecule has 3 aromatic rings. The molecule has 1 heterocycles. The smallest absolute Gasteiger partial charge is 0.501 e. The molecular weight excluding hydrogens is 493 g/mol. The predicted octanol–water partition coefficient (Wildman–Crippen LogP) is 4.19. The van der Waals surface area contributed by atoms with Gasteiger partial charge in [0.2, 0.25) is 0 Å². The first-order valence-electron chi connectivity index (χ1n) is 10.1. The zero-order valence-corrected chi connectivity index (χ0v) is 20.6. The summed E-state index contributed by atoms with van der Waals surface area (Å²) in [5, 5.41) is 10.8. The third-order valence-electron chi connectivity index (χ3n) is 5.37. The summed E-state index contributed by atoms with van der Waals surface area (Å²) in [6, 6.07) is 4.00. The molecule has 0 aliphatic heterocycles. The Balaban J connectivity index is 2.38. The van der Waals surface area contributed by atoms with Gasteiger partial charge in [-0.25, -0.2) is 13.4 Å². The topological polar surface area (TPSA) is 117 Å². The van der Waals surface area contributed by atoms with Gasteiger partial charge in [-0.3, -0.25) is 9.00 Å². The van der Waals surface area contributed by atoms with Gasteiger partial charge in [0.15, 0.2) is 0 Å². The van der Waals surface area contributed by atoms with Crippen molar-refractivity contribution in [1.82, 2.24) is 9.97 Å². The quantitative estimate of drug-likeness (QED) is 0.537. The first kappa shape index (κ1) is 25.9. The maximum absolute atomic E-state index is 12.9. The van der Waals surface area contributed by atoms with Crippen LogP contribution in [0.1, 0.15) is 38.8 Å². The summed E-state index contributed by atoms with van der Waals surface area (Å²) >= 11 is 0. The van der Waals surface area contributed by atoms with Gasteiger partial charge in [-0.2, -0.15) is 13.2 Å². The molecule has 0 saturated carbocycles. The number of aromatic amines is 1. The molecule has 184 valence electrons. The fraction of sp³-hybridized carbons (Fsp3) is 0.364. The average molecular weight is 517 g/mol. The highest BCUT2D eigenvalue weighted by atomic mass is 32.2. The minimum absolute atomic E-state index is 0.0679. The first-order chi connectivity index (χ1) is 15.5. The van der Waals surface area contributed by atoms with Gasteiger partial charge < -0.3 is 10.1 Å². The van der Waals surface area contributed by atoms with Gasteiger partial charge in [0.05, 0.1) is 32.2 Å². The molecule has 0 spiro atoms. The maximum Gasteiger partial charge on any atom is 0.501 e. The van der Waals surface area contributed by atoms with Gasteiger partial charge in [0.25, 0.3) is 15.4 Å². The lowest BCUT2D eigenvalue weighted by Gasteiger charge is -2.25. The molecule has 7 nitrogen and oxygen atoms in total. The average Bonchev–Trinajstić information content (AvgIpc) is 2.70. The number of H-pyrrole nitrogens is 1. The van der Waals surface area contributed by atoms with Crippen molar-refractivity contribution in [2.24, 2.45) is 0 Å². The number of aromatic hydroxyl groups is 1. The van der Waals surface area contributed by atoms with Gasteiger partial charge in [-0.15, -0.1) is 0 Å². The van der Waals surface area contributed by atoms with Gasteiger partial charge in [0, 0.05) is 16.7 Å². The molecule has 2 aromatic carbocycles.